The average molecular weight is 179 g/mol. The Kier molecular flexibility index (Phi) is 3.02. The van der Waals surface area contributed by atoms with E-state index in [0.29, 0.717) is 0 Å². The molecular weight excluding hydrogens is 177 g/mol. The molecule has 0 aliphatic heterocycles. The van der Waals surface area contributed by atoms with Crippen molar-refractivity contribution in [3.8, 4) is 0 Å². The van der Waals surface area contributed by atoms with Crippen LogP contribution in [0.2, 0.25) is 0 Å². The van der Waals surface area contributed by atoms with Crippen LogP contribution in [0, 0.1) is 0 Å². The fourth-order valence-electron chi connectivity index (χ4n) is 0.0758. The van der Waals surface area contributed by atoms with Crippen molar-refractivity contribution in [3.05, 3.63) is 0 Å². The summed E-state index contributed by atoms with van der Waals surface area (Å²) in [4.78, 5) is 10.1. The predicted octanol–water partition coefficient (Wildman–Crippen LogP) is 1.90. The van der Waals surface area contributed by atoms with Gasteiger partial charge >= 0.3 is 4.59 Å². The smallest absolute Gasteiger partial charge is 0.292 e. The van der Waals surface area contributed by atoms with Gasteiger partial charge in [-0.1, -0.05) is 23.2 Å². The molecule has 0 fully saturated rings. The van der Waals surface area contributed by atoms with Crippen LogP contribution >= 0.6 is 34.8 Å². The van der Waals surface area contributed by atoms with Crippen molar-refractivity contribution < 1.29 is 9.18 Å². The Morgan fingerprint density at radius 2 is 2.00 bits per heavy atom. The highest BCUT2D eigenvalue weighted by atomic mass is 35.5. The van der Waals surface area contributed by atoms with E-state index < -0.39 is 16.3 Å². The van der Waals surface area contributed by atoms with E-state index in [1.807, 2.05) is 0 Å². The lowest BCUT2D eigenvalue weighted by Gasteiger charge is -2.02. The molecule has 0 aromatic heterocycles. The minimum Gasteiger partial charge on any atom is -0.292 e. The van der Waals surface area contributed by atoms with Crippen molar-refractivity contribution in [2.75, 3.05) is 5.88 Å². The summed E-state index contributed by atoms with van der Waals surface area (Å²) >= 11 is 14.2. The topological polar surface area (TPSA) is 17.1 Å². The van der Waals surface area contributed by atoms with Crippen LogP contribution in [0.25, 0.3) is 0 Å². The number of hydrogen-bond acceptors (Lipinski definition) is 1. The molecule has 0 spiro atoms. The molecule has 0 heterocycles. The van der Waals surface area contributed by atoms with Gasteiger partial charge in [0.15, 0.2) is 0 Å². The molecule has 8 heavy (non-hydrogen) atoms. The van der Waals surface area contributed by atoms with Crippen molar-refractivity contribution in [3.63, 3.8) is 0 Å². The van der Waals surface area contributed by atoms with Gasteiger partial charge in [-0.15, -0.1) is 11.6 Å². The number of carbonyl (C=O) groups is 1. The highest BCUT2D eigenvalue weighted by Gasteiger charge is 2.31. The van der Waals surface area contributed by atoms with Gasteiger partial charge < -0.3 is 0 Å². The van der Waals surface area contributed by atoms with E-state index >= 15 is 0 Å². The molecule has 0 aromatic rings. The number of halogens is 4. The molecule has 0 amide bonds. The standard InChI is InChI=1S/C3H2Cl3FO/c4-1-2(8)3(5,6)7/h1H2. The minimum atomic E-state index is -2.82. The number of carbonyl (C=O) groups excluding carboxylic acids is 1. The Labute approximate surface area is 60.7 Å². The summed E-state index contributed by atoms with van der Waals surface area (Å²) in [5.74, 6) is -1.55. The first-order valence-corrected chi connectivity index (χ1v) is 2.93. The van der Waals surface area contributed by atoms with Gasteiger partial charge in [0, 0.05) is 0 Å². The molecule has 0 rings (SSSR count). The molecule has 0 atom stereocenters. The predicted molar refractivity (Wildman–Crippen MR) is 31.3 cm³/mol. The Morgan fingerprint density at radius 3 is 2.00 bits per heavy atom. The molecule has 0 radical (unpaired) electrons. The van der Waals surface area contributed by atoms with E-state index in [2.05, 4.69) is 23.2 Å². The zero-order valence-electron chi connectivity index (χ0n) is 3.63. The Bertz CT molecular complexity index is 97.2. The maximum absolute atomic E-state index is 11.9. The number of alkyl halides is 4. The molecular formula is C3H2Cl3FO. The molecule has 5 heteroatoms. The number of rotatable bonds is 2. The first-order chi connectivity index (χ1) is 3.48. The van der Waals surface area contributed by atoms with E-state index in [1.54, 1.807) is 0 Å². The largest absolute Gasteiger partial charge is 0.317 e. The van der Waals surface area contributed by atoms with Crippen LogP contribution in [0.3, 0.4) is 0 Å². The maximum atomic E-state index is 11.9. The van der Waals surface area contributed by atoms with Gasteiger partial charge in [-0.3, -0.25) is 4.79 Å². The SMILES string of the molecule is O=C(CCl)C(F)(Cl)Cl. The van der Waals surface area contributed by atoms with E-state index in [-0.39, 0.29) is 0 Å². The van der Waals surface area contributed by atoms with Crippen LogP contribution in [0.1, 0.15) is 0 Å². The van der Waals surface area contributed by atoms with Crippen LogP contribution in [0.4, 0.5) is 4.39 Å². The number of ketones is 1. The number of Topliss-reactive ketones (excluding diaryl/α,β-unsaturated/α-hetero) is 1. The van der Waals surface area contributed by atoms with E-state index in [4.69, 9.17) is 11.6 Å². The second kappa shape index (κ2) is 2.85. The maximum Gasteiger partial charge on any atom is 0.317 e. The molecule has 0 saturated heterocycles. The molecule has 1 nitrogen and oxygen atoms in total. The summed E-state index contributed by atoms with van der Waals surface area (Å²) in [6.07, 6.45) is 0. The first kappa shape index (κ1) is 8.47. The van der Waals surface area contributed by atoms with Crippen LogP contribution in [0.5, 0.6) is 0 Å². The lowest BCUT2D eigenvalue weighted by Crippen LogP contribution is -2.20. The summed E-state index contributed by atoms with van der Waals surface area (Å²) in [5, 5.41) is 0. The molecule has 0 aliphatic carbocycles. The molecule has 0 bridgehead atoms. The fourth-order valence-corrected chi connectivity index (χ4v) is 0.530. The van der Waals surface area contributed by atoms with Gasteiger partial charge in [-0.05, 0) is 0 Å². The molecule has 0 aromatic carbocycles. The molecule has 48 valence electrons. The Balaban J connectivity index is 3.82. The zero-order valence-corrected chi connectivity index (χ0v) is 5.89. The summed E-state index contributed by atoms with van der Waals surface area (Å²) in [7, 11) is 0. The second-order valence-electron chi connectivity index (χ2n) is 1.05. The lowest BCUT2D eigenvalue weighted by molar-refractivity contribution is -0.120. The van der Waals surface area contributed by atoms with Crippen LogP contribution in [-0.4, -0.2) is 16.3 Å². The van der Waals surface area contributed by atoms with E-state index in [9.17, 15) is 9.18 Å². The Hall–Kier alpha value is 0.470. The molecule has 0 saturated carbocycles. The van der Waals surface area contributed by atoms with Crippen molar-refractivity contribution in [2.24, 2.45) is 0 Å². The van der Waals surface area contributed by atoms with Gasteiger partial charge in [-0.2, -0.15) is 4.39 Å². The van der Waals surface area contributed by atoms with E-state index in [1.165, 1.54) is 0 Å². The van der Waals surface area contributed by atoms with Crippen molar-refractivity contribution >= 4 is 40.6 Å². The van der Waals surface area contributed by atoms with Gasteiger partial charge in [0.25, 0.3) is 0 Å². The third kappa shape index (κ3) is 2.70. The second-order valence-corrected chi connectivity index (χ2v) is 2.56. The van der Waals surface area contributed by atoms with Crippen molar-refractivity contribution in [1.82, 2.24) is 0 Å². The van der Waals surface area contributed by atoms with Gasteiger partial charge in [0.2, 0.25) is 5.78 Å². The fraction of sp³-hybridized carbons (Fsp3) is 0.667. The van der Waals surface area contributed by atoms with Gasteiger partial charge in [0.1, 0.15) is 0 Å². The normalized spacial score (nSPS) is 11.5. The van der Waals surface area contributed by atoms with Crippen molar-refractivity contribution in [2.45, 2.75) is 4.59 Å². The van der Waals surface area contributed by atoms with Gasteiger partial charge in [0.05, 0.1) is 5.88 Å². The minimum absolute atomic E-state index is 0.510. The van der Waals surface area contributed by atoms with E-state index in [0.717, 1.165) is 0 Å². The monoisotopic (exact) mass is 178 g/mol. The Morgan fingerprint density at radius 1 is 1.62 bits per heavy atom. The summed E-state index contributed by atoms with van der Waals surface area (Å²) in [6, 6.07) is 0. The van der Waals surface area contributed by atoms with Crippen LogP contribution in [0.15, 0.2) is 0 Å². The van der Waals surface area contributed by atoms with Gasteiger partial charge in [-0.25, -0.2) is 0 Å². The van der Waals surface area contributed by atoms with Crippen LogP contribution < -0.4 is 0 Å². The summed E-state index contributed by atoms with van der Waals surface area (Å²) < 4.78 is 9.06. The average Bonchev–Trinajstić information content (AvgIpc) is 1.62. The van der Waals surface area contributed by atoms with Crippen LogP contribution in [-0.2, 0) is 4.79 Å². The first-order valence-electron chi connectivity index (χ1n) is 1.64. The summed E-state index contributed by atoms with van der Waals surface area (Å²) in [6.45, 7) is 0. The van der Waals surface area contributed by atoms with Crippen molar-refractivity contribution in [1.29, 1.82) is 0 Å². The highest BCUT2D eigenvalue weighted by Crippen LogP contribution is 2.23. The third-order valence-corrected chi connectivity index (χ3v) is 1.10. The lowest BCUT2D eigenvalue weighted by atomic mass is 10.5. The molecule has 0 N–H and O–H groups in total. The number of hydrogen-bond donors (Lipinski definition) is 0. The third-order valence-electron chi connectivity index (χ3n) is 0.438. The molecule has 0 unspecified atom stereocenters. The summed E-state index contributed by atoms with van der Waals surface area (Å²) in [5.41, 5.74) is 0. The zero-order chi connectivity index (χ0) is 6.78. The quantitative estimate of drug-likeness (QED) is 0.592. The highest BCUT2D eigenvalue weighted by molar-refractivity contribution is 6.58. The molecule has 0 aliphatic rings.